The fraction of sp³-hybridized carbons (Fsp3) is 0.562. The Morgan fingerprint density at radius 2 is 2.13 bits per heavy atom. The van der Waals surface area contributed by atoms with Crippen molar-refractivity contribution in [2.45, 2.75) is 18.9 Å². The van der Waals surface area contributed by atoms with Crippen LogP contribution in [0, 0.1) is 21.4 Å². The van der Waals surface area contributed by atoms with Crippen LogP contribution < -0.4 is 4.90 Å². The van der Waals surface area contributed by atoms with Crippen molar-refractivity contribution < 1.29 is 9.66 Å². The lowest BCUT2D eigenvalue weighted by Crippen LogP contribution is -2.45. The SMILES string of the molecule is N#Cc1cc([N+](=O)[O-])ccc1N1CCC[C@@H]1CN1CCOCC1. The van der Waals surface area contributed by atoms with Crippen molar-refractivity contribution in [1.29, 1.82) is 5.26 Å². The maximum Gasteiger partial charge on any atom is 0.270 e. The summed E-state index contributed by atoms with van der Waals surface area (Å²) in [6.07, 6.45) is 2.16. The van der Waals surface area contributed by atoms with Gasteiger partial charge in [0.05, 0.1) is 29.4 Å². The zero-order valence-electron chi connectivity index (χ0n) is 13.0. The van der Waals surface area contributed by atoms with Gasteiger partial charge in [0.2, 0.25) is 0 Å². The molecular weight excluding hydrogens is 296 g/mol. The standard InChI is InChI=1S/C16H20N4O3/c17-11-13-10-14(20(21)22)3-4-16(13)19-5-1-2-15(19)12-18-6-8-23-9-7-18/h3-4,10,15H,1-2,5-9,12H2/t15-/m1/s1. The molecule has 2 aliphatic rings. The first-order valence-corrected chi connectivity index (χ1v) is 7.94. The predicted molar refractivity (Wildman–Crippen MR) is 85.4 cm³/mol. The van der Waals surface area contributed by atoms with Crippen molar-refractivity contribution in [3.8, 4) is 6.07 Å². The van der Waals surface area contributed by atoms with Gasteiger partial charge in [-0.15, -0.1) is 0 Å². The van der Waals surface area contributed by atoms with Crippen molar-refractivity contribution in [2.24, 2.45) is 0 Å². The Hall–Kier alpha value is -2.17. The summed E-state index contributed by atoms with van der Waals surface area (Å²) < 4.78 is 5.39. The molecule has 0 saturated carbocycles. The van der Waals surface area contributed by atoms with E-state index in [1.54, 1.807) is 6.07 Å². The molecule has 0 spiro atoms. The number of anilines is 1. The Morgan fingerprint density at radius 3 is 2.83 bits per heavy atom. The molecular formula is C16H20N4O3. The summed E-state index contributed by atoms with van der Waals surface area (Å²) in [5, 5.41) is 20.3. The van der Waals surface area contributed by atoms with Crippen LogP contribution in [0.25, 0.3) is 0 Å². The smallest absolute Gasteiger partial charge is 0.270 e. The number of nitro groups is 1. The van der Waals surface area contributed by atoms with Gasteiger partial charge in [-0.25, -0.2) is 0 Å². The second-order valence-electron chi connectivity index (χ2n) is 5.97. The Balaban J connectivity index is 1.79. The first-order valence-electron chi connectivity index (χ1n) is 7.94. The third kappa shape index (κ3) is 3.44. The van der Waals surface area contributed by atoms with E-state index in [1.807, 2.05) is 0 Å². The second kappa shape index (κ2) is 6.94. The van der Waals surface area contributed by atoms with Crippen molar-refractivity contribution in [2.75, 3.05) is 44.3 Å². The van der Waals surface area contributed by atoms with E-state index in [-0.39, 0.29) is 5.69 Å². The van der Waals surface area contributed by atoms with Crippen LogP contribution in [0.1, 0.15) is 18.4 Å². The van der Waals surface area contributed by atoms with Crippen LogP contribution in [-0.2, 0) is 4.74 Å². The molecule has 2 fully saturated rings. The van der Waals surface area contributed by atoms with E-state index in [4.69, 9.17) is 4.74 Å². The topological polar surface area (TPSA) is 82.6 Å². The molecule has 2 aliphatic heterocycles. The molecule has 1 atom stereocenters. The van der Waals surface area contributed by atoms with E-state index < -0.39 is 4.92 Å². The number of rotatable bonds is 4. The second-order valence-corrected chi connectivity index (χ2v) is 5.97. The minimum atomic E-state index is -0.459. The summed E-state index contributed by atoms with van der Waals surface area (Å²) in [6.45, 7) is 5.26. The van der Waals surface area contributed by atoms with E-state index in [1.165, 1.54) is 12.1 Å². The fourth-order valence-corrected chi connectivity index (χ4v) is 3.40. The highest BCUT2D eigenvalue weighted by atomic mass is 16.6. The monoisotopic (exact) mass is 316 g/mol. The first-order chi connectivity index (χ1) is 11.2. The van der Waals surface area contributed by atoms with E-state index >= 15 is 0 Å². The normalized spacial score (nSPS) is 22.0. The summed E-state index contributed by atoms with van der Waals surface area (Å²) in [5.41, 5.74) is 1.16. The van der Waals surface area contributed by atoms with Crippen LogP contribution in [0.5, 0.6) is 0 Å². The van der Waals surface area contributed by atoms with Crippen molar-refractivity contribution in [3.63, 3.8) is 0 Å². The summed E-state index contributed by atoms with van der Waals surface area (Å²) in [4.78, 5) is 15.1. The van der Waals surface area contributed by atoms with E-state index in [9.17, 15) is 15.4 Å². The zero-order valence-corrected chi connectivity index (χ0v) is 13.0. The molecule has 2 saturated heterocycles. The van der Waals surface area contributed by atoms with Gasteiger partial charge in [0, 0.05) is 44.4 Å². The quantitative estimate of drug-likeness (QED) is 0.622. The molecule has 0 bridgehead atoms. The van der Waals surface area contributed by atoms with Crippen molar-refractivity contribution in [3.05, 3.63) is 33.9 Å². The van der Waals surface area contributed by atoms with E-state index in [0.29, 0.717) is 11.6 Å². The largest absolute Gasteiger partial charge is 0.379 e. The molecule has 2 heterocycles. The molecule has 3 rings (SSSR count). The van der Waals surface area contributed by atoms with Crippen LogP contribution in [0.4, 0.5) is 11.4 Å². The third-order valence-corrected chi connectivity index (χ3v) is 4.57. The molecule has 0 unspecified atom stereocenters. The van der Waals surface area contributed by atoms with Gasteiger partial charge in [-0.2, -0.15) is 5.26 Å². The highest BCUT2D eigenvalue weighted by Gasteiger charge is 2.29. The lowest BCUT2D eigenvalue weighted by atomic mass is 10.1. The number of hydrogen-bond donors (Lipinski definition) is 0. The number of nitriles is 1. The van der Waals surface area contributed by atoms with Gasteiger partial charge in [0.15, 0.2) is 0 Å². The number of ether oxygens (including phenoxy) is 1. The Bertz CT molecular complexity index is 622. The maximum atomic E-state index is 10.9. The number of hydrogen-bond acceptors (Lipinski definition) is 6. The number of nitro benzene ring substituents is 1. The van der Waals surface area contributed by atoms with Gasteiger partial charge in [0.25, 0.3) is 5.69 Å². The summed E-state index contributed by atoms with van der Waals surface area (Å²) in [7, 11) is 0. The minimum Gasteiger partial charge on any atom is -0.379 e. The van der Waals surface area contributed by atoms with Gasteiger partial charge >= 0.3 is 0 Å². The molecule has 0 amide bonds. The van der Waals surface area contributed by atoms with Crippen molar-refractivity contribution >= 4 is 11.4 Å². The van der Waals surface area contributed by atoms with Crippen LogP contribution in [0.15, 0.2) is 18.2 Å². The fourth-order valence-electron chi connectivity index (χ4n) is 3.40. The zero-order chi connectivity index (χ0) is 16.2. The molecule has 0 N–H and O–H groups in total. The Kier molecular flexibility index (Phi) is 4.74. The number of non-ortho nitro benzene ring substituents is 1. The summed E-state index contributed by atoms with van der Waals surface area (Å²) in [5.74, 6) is 0. The lowest BCUT2D eigenvalue weighted by Gasteiger charge is -2.34. The molecule has 0 aromatic heterocycles. The van der Waals surface area contributed by atoms with Gasteiger partial charge in [-0.3, -0.25) is 15.0 Å². The van der Waals surface area contributed by atoms with Gasteiger partial charge in [-0.1, -0.05) is 0 Å². The Labute approximate surface area is 135 Å². The molecule has 122 valence electrons. The third-order valence-electron chi connectivity index (χ3n) is 4.57. The molecule has 1 aromatic rings. The highest BCUT2D eigenvalue weighted by Crippen LogP contribution is 2.31. The highest BCUT2D eigenvalue weighted by molar-refractivity contribution is 5.64. The maximum absolute atomic E-state index is 10.9. The number of morpholine rings is 1. The Morgan fingerprint density at radius 1 is 1.35 bits per heavy atom. The van der Waals surface area contributed by atoms with Crippen LogP contribution in [-0.4, -0.2) is 55.3 Å². The van der Waals surface area contributed by atoms with Gasteiger partial charge in [-0.05, 0) is 18.9 Å². The molecule has 7 heteroatoms. The van der Waals surface area contributed by atoms with Crippen LogP contribution in [0.3, 0.4) is 0 Å². The molecule has 7 nitrogen and oxygen atoms in total. The van der Waals surface area contributed by atoms with Crippen LogP contribution in [0.2, 0.25) is 0 Å². The predicted octanol–water partition coefficient (Wildman–Crippen LogP) is 1.77. The molecule has 23 heavy (non-hydrogen) atoms. The first kappa shape index (κ1) is 15.7. The average Bonchev–Trinajstić information content (AvgIpc) is 3.03. The molecule has 0 aliphatic carbocycles. The summed E-state index contributed by atoms with van der Waals surface area (Å²) >= 11 is 0. The van der Waals surface area contributed by atoms with Gasteiger partial charge < -0.3 is 9.64 Å². The van der Waals surface area contributed by atoms with Gasteiger partial charge in [0.1, 0.15) is 6.07 Å². The van der Waals surface area contributed by atoms with Crippen molar-refractivity contribution in [1.82, 2.24) is 4.90 Å². The minimum absolute atomic E-state index is 0.0331. The number of nitrogens with zero attached hydrogens (tertiary/aromatic N) is 4. The average molecular weight is 316 g/mol. The van der Waals surface area contributed by atoms with E-state index in [2.05, 4.69) is 15.9 Å². The lowest BCUT2D eigenvalue weighted by molar-refractivity contribution is -0.384. The van der Waals surface area contributed by atoms with Crippen LogP contribution >= 0.6 is 0 Å². The summed E-state index contributed by atoms with van der Waals surface area (Å²) in [6, 6.07) is 7.04. The van der Waals surface area contributed by atoms with E-state index in [0.717, 1.165) is 57.9 Å². The molecule has 0 radical (unpaired) electrons. The number of benzene rings is 1. The molecule has 1 aromatic carbocycles.